The van der Waals surface area contributed by atoms with Crippen molar-refractivity contribution in [1.82, 2.24) is 0 Å². The van der Waals surface area contributed by atoms with Gasteiger partial charge in [-0.05, 0) is 0 Å². The molecule has 0 saturated heterocycles. The molecule has 0 spiro atoms. The predicted octanol–water partition coefficient (Wildman–Crippen LogP) is -1.65. The summed E-state index contributed by atoms with van der Waals surface area (Å²) in [4.78, 5) is 0. The molecule has 0 aliphatic rings. The lowest BCUT2D eigenvalue weighted by Gasteiger charge is -2.13. The minimum atomic E-state index is -1.09. The quantitative estimate of drug-likeness (QED) is 0.433. The first-order chi connectivity index (χ1) is 4.22. The number of aliphatic hydroxyl groups is 3. The van der Waals surface area contributed by atoms with Crippen LogP contribution in [-0.2, 0) is 4.74 Å². The molecule has 56 valence electrons. The van der Waals surface area contributed by atoms with E-state index in [4.69, 9.17) is 15.3 Å². The molecule has 9 heavy (non-hydrogen) atoms. The summed E-state index contributed by atoms with van der Waals surface area (Å²) in [6.45, 7) is -0.397. The third-order valence-electron chi connectivity index (χ3n) is 0.969. The van der Waals surface area contributed by atoms with E-state index in [1.165, 1.54) is 7.11 Å². The minimum absolute atomic E-state index is 0.0434. The zero-order valence-corrected chi connectivity index (χ0v) is 5.32. The van der Waals surface area contributed by atoms with E-state index in [1.54, 1.807) is 0 Å². The third kappa shape index (κ3) is 3.42. The van der Waals surface area contributed by atoms with E-state index in [0.717, 1.165) is 0 Å². The molecule has 4 nitrogen and oxygen atoms in total. The maximum atomic E-state index is 8.78. The lowest BCUT2D eigenvalue weighted by Crippen LogP contribution is -2.32. The van der Waals surface area contributed by atoms with Crippen LogP contribution in [0.25, 0.3) is 0 Å². The number of hydrogen-bond acceptors (Lipinski definition) is 4. The summed E-state index contributed by atoms with van der Waals surface area (Å²) >= 11 is 0. The molecule has 0 aromatic carbocycles. The molecule has 0 fully saturated rings. The largest absolute Gasteiger partial charge is 0.394 e. The van der Waals surface area contributed by atoms with Crippen molar-refractivity contribution in [2.45, 2.75) is 12.2 Å². The summed E-state index contributed by atoms with van der Waals surface area (Å²) in [6, 6.07) is 0. The van der Waals surface area contributed by atoms with Crippen molar-refractivity contribution >= 4 is 0 Å². The summed E-state index contributed by atoms with van der Waals surface area (Å²) in [5, 5.41) is 25.7. The van der Waals surface area contributed by atoms with E-state index in [0.29, 0.717) is 0 Å². The van der Waals surface area contributed by atoms with Crippen LogP contribution in [0.1, 0.15) is 0 Å². The molecule has 0 bridgehead atoms. The van der Waals surface area contributed by atoms with Crippen molar-refractivity contribution in [2.75, 3.05) is 20.3 Å². The highest BCUT2D eigenvalue weighted by Gasteiger charge is 2.13. The Hall–Kier alpha value is -0.160. The second kappa shape index (κ2) is 4.69. The first kappa shape index (κ1) is 8.84. The average molecular weight is 136 g/mol. The highest BCUT2D eigenvalue weighted by atomic mass is 16.5. The maximum Gasteiger partial charge on any atom is 0.105 e. The highest BCUT2D eigenvalue weighted by molar-refractivity contribution is 4.63. The van der Waals surface area contributed by atoms with Gasteiger partial charge in [0.25, 0.3) is 0 Å². The van der Waals surface area contributed by atoms with Crippen LogP contribution in [0, 0.1) is 0 Å². The molecule has 2 unspecified atom stereocenters. The molecular weight excluding hydrogens is 124 g/mol. The molecule has 0 aliphatic heterocycles. The molecule has 0 heterocycles. The smallest absolute Gasteiger partial charge is 0.105 e. The van der Waals surface area contributed by atoms with E-state index < -0.39 is 18.8 Å². The molecule has 0 aliphatic carbocycles. The lowest BCUT2D eigenvalue weighted by molar-refractivity contribution is -0.0477. The first-order valence-corrected chi connectivity index (χ1v) is 2.68. The van der Waals surface area contributed by atoms with Crippen LogP contribution in [0.3, 0.4) is 0 Å². The van der Waals surface area contributed by atoms with E-state index in [-0.39, 0.29) is 6.61 Å². The Bertz CT molecular complexity index is 66.0. The lowest BCUT2D eigenvalue weighted by atomic mass is 10.2. The minimum Gasteiger partial charge on any atom is -0.394 e. The van der Waals surface area contributed by atoms with Gasteiger partial charge in [-0.15, -0.1) is 0 Å². The molecule has 0 aromatic heterocycles. The number of rotatable bonds is 4. The van der Waals surface area contributed by atoms with Gasteiger partial charge in [0.15, 0.2) is 0 Å². The van der Waals surface area contributed by atoms with E-state index in [9.17, 15) is 0 Å². The van der Waals surface area contributed by atoms with Gasteiger partial charge in [0.1, 0.15) is 12.2 Å². The van der Waals surface area contributed by atoms with Crippen LogP contribution in [0.15, 0.2) is 0 Å². The number of aliphatic hydroxyl groups excluding tert-OH is 3. The fourth-order valence-electron chi connectivity index (χ4n) is 0.404. The number of hydrogen-bond donors (Lipinski definition) is 3. The molecule has 0 radical (unpaired) electrons. The fraction of sp³-hybridized carbons (Fsp3) is 1.00. The van der Waals surface area contributed by atoms with Crippen molar-refractivity contribution in [1.29, 1.82) is 0 Å². The Balaban J connectivity index is 3.32. The zero-order chi connectivity index (χ0) is 7.28. The van der Waals surface area contributed by atoms with Crippen molar-refractivity contribution in [3.05, 3.63) is 0 Å². The summed E-state index contributed by atoms with van der Waals surface area (Å²) in [7, 11) is 1.41. The summed E-state index contributed by atoms with van der Waals surface area (Å²) in [5.41, 5.74) is 0. The van der Waals surface area contributed by atoms with Crippen molar-refractivity contribution in [3.63, 3.8) is 0 Å². The van der Waals surface area contributed by atoms with Gasteiger partial charge in [-0.25, -0.2) is 0 Å². The summed E-state index contributed by atoms with van der Waals surface area (Å²) < 4.78 is 4.51. The number of methoxy groups -OCH3 is 1. The molecule has 3 N–H and O–H groups in total. The molecule has 0 saturated carbocycles. The fourth-order valence-corrected chi connectivity index (χ4v) is 0.404. The molecular formula is C5H12O4. The Morgan fingerprint density at radius 1 is 1.33 bits per heavy atom. The van der Waals surface area contributed by atoms with Gasteiger partial charge in [0.2, 0.25) is 0 Å². The molecule has 2 atom stereocenters. The van der Waals surface area contributed by atoms with Crippen LogP contribution < -0.4 is 0 Å². The second-order valence-electron chi connectivity index (χ2n) is 1.77. The van der Waals surface area contributed by atoms with Crippen molar-refractivity contribution in [2.24, 2.45) is 0 Å². The van der Waals surface area contributed by atoms with Crippen molar-refractivity contribution in [3.8, 4) is 0 Å². The third-order valence-corrected chi connectivity index (χ3v) is 0.969. The number of ether oxygens (including phenoxy) is 1. The van der Waals surface area contributed by atoms with Gasteiger partial charge in [-0.3, -0.25) is 0 Å². The summed E-state index contributed by atoms with van der Waals surface area (Å²) in [6.07, 6.45) is -2.08. The molecule has 0 amide bonds. The van der Waals surface area contributed by atoms with Crippen LogP contribution in [0.4, 0.5) is 0 Å². The second-order valence-corrected chi connectivity index (χ2v) is 1.77. The van der Waals surface area contributed by atoms with Crippen LogP contribution >= 0.6 is 0 Å². The molecule has 0 aromatic rings. The maximum absolute atomic E-state index is 8.78. The SMILES string of the molecule is COCC(O)C(O)CO. The summed E-state index contributed by atoms with van der Waals surface area (Å²) in [5.74, 6) is 0. The van der Waals surface area contributed by atoms with E-state index >= 15 is 0 Å². The monoisotopic (exact) mass is 136 g/mol. The Labute approximate surface area is 53.7 Å². The standard InChI is InChI=1S/C5H12O4/c1-9-3-5(8)4(7)2-6/h4-8H,2-3H2,1H3. The van der Waals surface area contributed by atoms with Crippen molar-refractivity contribution < 1.29 is 20.1 Å². The van der Waals surface area contributed by atoms with E-state index in [2.05, 4.69) is 4.74 Å². The normalized spacial score (nSPS) is 17.3. The van der Waals surface area contributed by atoms with Gasteiger partial charge in [0.05, 0.1) is 13.2 Å². The Morgan fingerprint density at radius 3 is 2.22 bits per heavy atom. The van der Waals surface area contributed by atoms with E-state index in [1.807, 2.05) is 0 Å². The topological polar surface area (TPSA) is 69.9 Å². The van der Waals surface area contributed by atoms with Gasteiger partial charge >= 0.3 is 0 Å². The van der Waals surface area contributed by atoms with Crippen LogP contribution in [-0.4, -0.2) is 47.9 Å². The molecule has 0 rings (SSSR count). The first-order valence-electron chi connectivity index (χ1n) is 2.68. The Kier molecular flexibility index (Phi) is 4.61. The van der Waals surface area contributed by atoms with Gasteiger partial charge in [-0.1, -0.05) is 0 Å². The van der Waals surface area contributed by atoms with Crippen LogP contribution in [0.2, 0.25) is 0 Å². The zero-order valence-electron chi connectivity index (χ0n) is 5.32. The highest BCUT2D eigenvalue weighted by Crippen LogP contribution is 1.91. The van der Waals surface area contributed by atoms with Gasteiger partial charge in [-0.2, -0.15) is 0 Å². The average Bonchev–Trinajstić information content (AvgIpc) is 1.87. The van der Waals surface area contributed by atoms with Crippen LogP contribution in [0.5, 0.6) is 0 Å². The van der Waals surface area contributed by atoms with Gasteiger partial charge < -0.3 is 20.1 Å². The predicted molar refractivity (Wildman–Crippen MR) is 31.0 cm³/mol. The van der Waals surface area contributed by atoms with Gasteiger partial charge in [0, 0.05) is 7.11 Å². The molecule has 4 heteroatoms. The Morgan fingerprint density at radius 2 is 1.89 bits per heavy atom.